The van der Waals surface area contributed by atoms with E-state index in [4.69, 9.17) is 5.73 Å². The van der Waals surface area contributed by atoms with Gasteiger partial charge < -0.3 is 5.73 Å². The Morgan fingerprint density at radius 2 is 2.12 bits per heavy atom. The lowest BCUT2D eigenvalue weighted by Gasteiger charge is -2.25. The molecule has 2 aliphatic heterocycles. The zero-order valence-electron chi connectivity index (χ0n) is 10.6. The van der Waals surface area contributed by atoms with Crippen LogP contribution in [-0.2, 0) is 4.79 Å². The second kappa shape index (κ2) is 4.17. The van der Waals surface area contributed by atoms with Crippen molar-refractivity contribution in [3.63, 3.8) is 0 Å². The average Bonchev–Trinajstić information content (AvgIpc) is 2.71. The predicted molar refractivity (Wildman–Crippen MR) is 71.0 cm³/mol. The quantitative estimate of drug-likeness (QED) is 0.697. The van der Waals surface area contributed by atoms with Gasteiger partial charge in [0, 0.05) is 19.1 Å². The van der Waals surface area contributed by atoms with Crippen molar-refractivity contribution in [3.8, 4) is 0 Å². The van der Waals surface area contributed by atoms with E-state index in [-0.39, 0.29) is 11.3 Å². The van der Waals surface area contributed by atoms with Crippen LogP contribution in [0.4, 0.5) is 0 Å². The molecule has 0 radical (unpaired) electrons. The van der Waals surface area contributed by atoms with Gasteiger partial charge in [-0.1, -0.05) is 0 Å². The second-order valence-electron chi connectivity index (χ2n) is 5.12. The Balaban J connectivity index is 2.22. The lowest BCUT2D eigenvalue weighted by molar-refractivity contribution is -0.131. The second-order valence-corrected chi connectivity index (χ2v) is 5.87. The number of carbonyl (C=O) groups excluding carboxylic acids is 1. The Morgan fingerprint density at radius 3 is 2.53 bits per heavy atom. The molecule has 0 aromatic rings. The lowest BCUT2D eigenvalue weighted by atomic mass is 9.99. The van der Waals surface area contributed by atoms with Crippen molar-refractivity contribution in [2.24, 2.45) is 10.7 Å². The molecule has 0 saturated carbocycles. The molecule has 1 spiro atoms. The van der Waals surface area contributed by atoms with Gasteiger partial charge in [0.05, 0.1) is 5.37 Å². The molecule has 17 heavy (non-hydrogen) atoms. The first-order valence-corrected chi connectivity index (χ1v) is 6.50. The van der Waals surface area contributed by atoms with Crippen molar-refractivity contribution in [3.05, 3.63) is 0 Å². The van der Waals surface area contributed by atoms with Gasteiger partial charge in [0.1, 0.15) is 0 Å². The Hall–Kier alpha value is -0.750. The standard InChI is InChI=1S/C11H20N4OS/c1-7(2)14-5-4-11(6-14)9(16)15(8(3)17)10(12)13-11/h7-8,17H,4-6H2,1-3H3,(H2,12,13). The smallest absolute Gasteiger partial charge is 0.259 e. The first-order valence-electron chi connectivity index (χ1n) is 5.98. The van der Waals surface area contributed by atoms with Crippen LogP contribution in [0.2, 0.25) is 0 Å². The van der Waals surface area contributed by atoms with Crippen LogP contribution < -0.4 is 5.73 Å². The number of aliphatic imine (C=N–C) groups is 1. The Morgan fingerprint density at radius 1 is 1.47 bits per heavy atom. The summed E-state index contributed by atoms with van der Waals surface area (Å²) in [6.07, 6.45) is 0.752. The zero-order chi connectivity index (χ0) is 12.8. The van der Waals surface area contributed by atoms with E-state index >= 15 is 0 Å². The maximum absolute atomic E-state index is 12.4. The summed E-state index contributed by atoms with van der Waals surface area (Å²) in [5, 5.41) is -0.223. The molecule has 0 aromatic carbocycles. The van der Waals surface area contributed by atoms with Crippen LogP contribution in [0.3, 0.4) is 0 Å². The highest BCUT2D eigenvalue weighted by Crippen LogP contribution is 2.34. The van der Waals surface area contributed by atoms with Gasteiger partial charge in [-0.3, -0.25) is 14.6 Å². The summed E-state index contributed by atoms with van der Waals surface area (Å²) in [4.78, 5) is 20.6. The maximum atomic E-state index is 12.4. The normalized spacial score (nSPS) is 31.7. The minimum atomic E-state index is -0.647. The zero-order valence-corrected chi connectivity index (χ0v) is 11.4. The molecule has 2 atom stereocenters. The molecular formula is C11H20N4OS. The van der Waals surface area contributed by atoms with Gasteiger partial charge in [0.25, 0.3) is 5.91 Å². The van der Waals surface area contributed by atoms with Gasteiger partial charge in [-0.15, -0.1) is 0 Å². The molecule has 1 saturated heterocycles. The summed E-state index contributed by atoms with van der Waals surface area (Å²) >= 11 is 4.28. The van der Waals surface area contributed by atoms with Gasteiger partial charge >= 0.3 is 0 Å². The Kier molecular flexibility index (Phi) is 3.12. The molecular weight excluding hydrogens is 236 g/mol. The highest BCUT2D eigenvalue weighted by molar-refractivity contribution is 7.80. The number of nitrogens with zero attached hydrogens (tertiary/aromatic N) is 3. The molecule has 96 valence electrons. The lowest BCUT2D eigenvalue weighted by Crippen LogP contribution is -2.48. The number of nitrogens with two attached hydrogens (primary N) is 1. The molecule has 2 heterocycles. The molecule has 2 unspecified atom stereocenters. The van der Waals surface area contributed by atoms with Crippen molar-refractivity contribution in [1.29, 1.82) is 0 Å². The van der Waals surface area contributed by atoms with Gasteiger partial charge in [0.15, 0.2) is 11.5 Å². The fourth-order valence-corrected chi connectivity index (χ4v) is 2.76. The third-order valence-corrected chi connectivity index (χ3v) is 3.80. The summed E-state index contributed by atoms with van der Waals surface area (Å²) in [6.45, 7) is 7.66. The fourth-order valence-electron chi connectivity index (χ4n) is 2.54. The largest absolute Gasteiger partial charge is 0.369 e. The fraction of sp³-hybridized carbons (Fsp3) is 0.818. The summed E-state index contributed by atoms with van der Waals surface area (Å²) in [7, 11) is 0. The molecule has 2 rings (SSSR count). The van der Waals surface area contributed by atoms with Crippen LogP contribution in [0.25, 0.3) is 0 Å². The molecule has 1 amide bonds. The number of carbonyl (C=O) groups is 1. The van der Waals surface area contributed by atoms with Crippen LogP contribution in [0.15, 0.2) is 4.99 Å². The van der Waals surface area contributed by atoms with Crippen LogP contribution >= 0.6 is 12.6 Å². The van der Waals surface area contributed by atoms with E-state index < -0.39 is 5.54 Å². The molecule has 0 bridgehead atoms. The molecule has 0 aliphatic carbocycles. The highest BCUT2D eigenvalue weighted by Gasteiger charge is 2.52. The van der Waals surface area contributed by atoms with E-state index in [0.29, 0.717) is 18.5 Å². The number of hydrogen-bond acceptors (Lipinski definition) is 5. The van der Waals surface area contributed by atoms with Crippen molar-refractivity contribution in [1.82, 2.24) is 9.80 Å². The van der Waals surface area contributed by atoms with Gasteiger partial charge in [-0.05, 0) is 27.2 Å². The Bertz CT molecular complexity index is 368. The minimum absolute atomic E-state index is 0.000602. The highest BCUT2D eigenvalue weighted by atomic mass is 32.1. The van der Waals surface area contributed by atoms with Gasteiger partial charge in [-0.25, -0.2) is 4.99 Å². The maximum Gasteiger partial charge on any atom is 0.259 e. The number of guanidine groups is 1. The summed E-state index contributed by atoms with van der Waals surface area (Å²) in [5.41, 5.74) is 5.19. The number of likely N-dealkylation sites (tertiary alicyclic amines) is 1. The van der Waals surface area contributed by atoms with E-state index in [1.165, 1.54) is 4.90 Å². The van der Waals surface area contributed by atoms with E-state index in [0.717, 1.165) is 13.0 Å². The van der Waals surface area contributed by atoms with Gasteiger partial charge in [0.2, 0.25) is 0 Å². The molecule has 5 nitrogen and oxygen atoms in total. The summed E-state index contributed by atoms with van der Waals surface area (Å²) in [6, 6.07) is 0.432. The minimum Gasteiger partial charge on any atom is -0.369 e. The van der Waals surface area contributed by atoms with Crippen molar-refractivity contribution >= 4 is 24.5 Å². The molecule has 1 fully saturated rings. The number of hydrogen-bond donors (Lipinski definition) is 2. The van der Waals surface area contributed by atoms with Crippen molar-refractivity contribution in [2.45, 2.75) is 44.1 Å². The van der Waals surface area contributed by atoms with E-state index in [9.17, 15) is 4.79 Å². The average molecular weight is 256 g/mol. The molecule has 2 aliphatic rings. The van der Waals surface area contributed by atoms with Crippen molar-refractivity contribution < 1.29 is 4.79 Å². The number of thiol groups is 1. The predicted octanol–water partition coefficient (Wildman–Crippen LogP) is 0.272. The van der Waals surface area contributed by atoms with E-state index in [2.05, 4.69) is 36.4 Å². The topological polar surface area (TPSA) is 61.9 Å². The summed E-state index contributed by atoms with van der Waals surface area (Å²) in [5.74, 6) is 0.309. The van der Waals surface area contributed by atoms with E-state index in [1.54, 1.807) is 0 Å². The third kappa shape index (κ3) is 1.93. The van der Waals surface area contributed by atoms with E-state index in [1.807, 2.05) is 6.92 Å². The number of rotatable bonds is 2. The Labute approximate surface area is 107 Å². The van der Waals surface area contributed by atoms with Crippen molar-refractivity contribution in [2.75, 3.05) is 13.1 Å². The van der Waals surface area contributed by atoms with Gasteiger partial charge in [-0.2, -0.15) is 12.6 Å². The SMILES string of the molecule is CC(C)N1CCC2(C1)N=C(N)N(C(C)S)C2=O. The van der Waals surface area contributed by atoms with Crippen LogP contribution in [0, 0.1) is 0 Å². The van der Waals surface area contributed by atoms with Crippen LogP contribution in [0.1, 0.15) is 27.2 Å². The van der Waals surface area contributed by atoms with Crippen LogP contribution in [-0.4, -0.2) is 51.7 Å². The van der Waals surface area contributed by atoms with Crippen LogP contribution in [0.5, 0.6) is 0 Å². The molecule has 2 N–H and O–H groups in total. The molecule has 0 aromatic heterocycles. The monoisotopic (exact) mass is 256 g/mol. The third-order valence-electron chi connectivity index (χ3n) is 3.57. The summed E-state index contributed by atoms with van der Waals surface area (Å²) < 4.78 is 0. The molecule has 6 heteroatoms. The first-order chi connectivity index (χ1) is 7.87. The first kappa shape index (κ1) is 12.7. The number of amides is 1.